The molecule has 2 aliphatic rings. The summed E-state index contributed by atoms with van der Waals surface area (Å²) in [6, 6.07) is 52.0. The average Bonchev–Trinajstić information content (AvgIpc) is 3.65. The van der Waals surface area contributed by atoms with Crippen LogP contribution in [-0.2, 0) is 5.41 Å². The molecule has 8 aromatic rings. The third kappa shape index (κ3) is 2.99. The Hall–Kier alpha value is -5.40. The second-order valence-electron chi connectivity index (χ2n) is 12.9. The van der Waals surface area contributed by atoms with Gasteiger partial charge in [-0.05, 0) is 96.7 Å². The maximum absolute atomic E-state index is 2.46. The molecule has 0 unspecified atom stereocenters. The van der Waals surface area contributed by atoms with Gasteiger partial charge in [-0.2, -0.15) is 0 Å². The van der Waals surface area contributed by atoms with Crippen LogP contribution in [0, 0.1) is 0 Å². The van der Waals surface area contributed by atoms with Crippen LogP contribution in [0.1, 0.15) is 25.0 Å². The van der Waals surface area contributed by atoms with Crippen LogP contribution in [-0.4, -0.2) is 4.57 Å². The van der Waals surface area contributed by atoms with Crippen LogP contribution in [0.25, 0.3) is 82.8 Å². The zero-order chi connectivity index (χ0) is 29.2. The Kier molecular flexibility index (Phi) is 4.58. The molecule has 0 radical (unpaired) electrons. The minimum Gasteiger partial charge on any atom is -0.309 e. The van der Waals surface area contributed by atoms with Gasteiger partial charge in [0.05, 0.1) is 11.0 Å². The van der Waals surface area contributed by atoms with Gasteiger partial charge in [0.1, 0.15) is 0 Å². The number of benzene rings is 7. The summed E-state index contributed by atoms with van der Waals surface area (Å²) in [6.45, 7) is 4.72. The molecule has 44 heavy (non-hydrogen) atoms. The van der Waals surface area contributed by atoms with Crippen molar-refractivity contribution in [1.82, 2.24) is 4.57 Å². The SMILES string of the molecule is CC1(C)c2ccccc2-c2cc3c(cc21)c1ccccc1n3-c1ccc(-c2ccc3c4c(cccc24)-c2ccccc2-3)cc1. The summed E-state index contributed by atoms with van der Waals surface area (Å²) in [5.41, 5.74) is 17.1. The summed E-state index contributed by atoms with van der Waals surface area (Å²) in [4.78, 5) is 0. The van der Waals surface area contributed by atoms with Gasteiger partial charge >= 0.3 is 0 Å². The highest BCUT2D eigenvalue weighted by atomic mass is 15.0. The summed E-state index contributed by atoms with van der Waals surface area (Å²) in [5, 5.41) is 5.30. The van der Waals surface area contributed by atoms with Gasteiger partial charge in [-0.15, -0.1) is 0 Å². The van der Waals surface area contributed by atoms with E-state index in [1.807, 2.05) is 0 Å². The number of hydrogen-bond donors (Lipinski definition) is 0. The first-order valence-electron chi connectivity index (χ1n) is 15.5. The van der Waals surface area contributed by atoms with Crippen molar-refractivity contribution < 1.29 is 0 Å². The van der Waals surface area contributed by atoms with Gasteiger partial charge in [-0.25, -0.2) is 0 Å². The maximum atomic E-state index is 2.46. The Morgan fingerprint density at radius 1 is 0.409 bits per heavy atom. The molecule has 0 bridgehead atoms. The largest absolute Gasteiger partial charge is 0.309 e. The van der Waals surface area contributed by atoms with Crippen molar-refractivity contribution in [2.45, 2.75) is 19.3 Å². The maximum Gasteiger partial charge on any atom is 0.0547 e. The third-order valence-electron chi connectivity index (χ3n) is 10.4. The van der Waals surface area contributed by atoms with Crippen LogP contribution in [0.3, 0.4) is 0 Å². The molecule has 10 rings (SSSR count). The summed E-state index contributed by atoms with van der Waals surface area (Å²) >= 11 is 0. The van der Waals surface area contributed by atoms with E-state index in [4.69, 9.17) is 0 Å². The number of hydrogen-bond acceptors (Lipinski definition) is 0. The van der Waals surface area contributed by atoms with E-state index in [-0.39, 0.29) is 5.41 Å². The van der Waals surface area contributed by atoms with Gasteiger partial charge in [0.2, 0.25) is 0 Å². The van der Waals surface area contributed by atoms with Crippen LogP contribution in [0.15, 0.2) is 140 Å². The first kappa shape index (κ1) is 24.1. The topological polar surface area (TPSA) is 4.93 Å². The Bertz CT molecular complexity index is 2480. The van der Waals surface area contributed by atoms with Crippen molar-refractivity contribution in [3.8, 4) is 50.2 Å². The molecule has 0 amide bonds. The minimum atomic E-state index is -0.0218. The van der Waals surface area contributed by atoms with Crippen LogP contribution >= 0.6 is 0 Å². The monoisotopic (exact) mass is 559 g/mol. The van der Waals surface area contributed by atoms with Gasteiger partial charge in [0, 0.05) is 21.9 Å². The lowest BCUT2D eigenvalue weighted by molar-refractivity contribution is 0.661. The van der Waals surface area contributed by atoms with Crippen molar-refractivity contribution in [3.05, 3.63) is 151 Å². The van der Waals surface area contributed by atoms with Gasteiger partial charge in [0.15, 0.2) is 0 Å². The molecule has 1 heteroatoms. The first-order valence-corrected chi connectivity index (χ1v) is 15.5. The lowest BCUT2D eigenvalue weighted by Crippen LogP contribution is -2.14. The van der Waals surface area contributed by atoms with Crippen molar-refractivity contribution in [1.29, 1.82) is 0 Å². The molecule has 0 aliphatic heterocycles. The van der Waals surface area contributed by atoms with Crippen LogP contribution in [0.4, 0.5) is 0 Å². The van der Waals surface area contributed by atoms with E-state index in [0.717, 1.165) is 0 Å². The van der Waals surface area contributed by atoms with E-state index >= 15 is 0 Å². The van der Waals surface area contributed by atoms with Crippen molar-refractivity contribution in [2.24, 2.45) is 0 Å². The van der Waals surface area contributed by atoms with Gasteiger partial charge in [-0.1, -0.05) is 123 Å². The van der Waals surface area contributed by atoms with E-state index < -0.39 is 0 Å². The molecule has 2 aliphatic carbocycles. The second-order valence-corrected chi connectivity index (χ2v) is 12.9. The highest BCUT2D eigenvalue weighted by Gasteiger charge is 2.36. The van der Waals surface area contributed by atoms with Crippen LogP contribution < -0.4 is 0 Å². The second kappa shape index (κ2) is 8.36. The Balaban J connectivity index is 1.16. The predicted molar refractivity (Wildman–Crippen MR) is 186 cm³/mol. The number of para-hydroxylation sites is 1. The fraction of sp³-hybridized carbons (Fsp3) is 0.0698. The first-order chi connectivity index (χ1) is 21.6. The molecule has 0 fully saturated rings. The Morgan fingerprint density at radius 3 is 1.86 bits per heavy atom. The molecule has 0 atom stereocenters. The molecular weight excluding hydrogens is 530 g/mol. The molecule has 1 heterocycles. The standard InChI is InChI=1S/C43H29N/c1-43(2)38-16-7-5-12-31(38)36-25-41-37(24-39(36)43)32-13-6-8-17-40(32)44(41)27-20-18-26(19-21-27)28-22-23-35-30-11-4-3-10-29(30)34-15-9-14-33(28)42(34)35/h3-25H,1-2H3. The lowest BCUT2D eigenvalue weighted by Gasteiger charge is -2.21. The van der Waals surface area contributed by atoms with E-state index in [0.29, 0.717) is 0 Å². The highest BCUT2D eigenvalue weighted by Crippen LogP contribution is 2.52. The van der Waals surface area contributed by atoms with Gasteiger partial charge in [0.25, 0.3) is 0 Å². The molecule has 0 saturated heterocycles. The molecule has 1 nitrogen and oxygen atoms in total. The van der Waals surface area contributed by atoms with Crippen LogP contribution in [0.2, 0.25) is 0 Å². The van der Waals surface area contributed by atoms with Crippen molar-refractivity contribution in [3.63, 3.8) is 0 Å². The smallest absolute Gasteiger partial charge is 0.0547 e. The van der Waals surface area contributed by atoms with E-state index in [1.54, 1.807) is 0 Å². The number of fused-ring (bicyclic) bond motifs is 9. The summed E-state index contributed by atoms with van der Waals surface area (Å²) in [7, 11) is 0. The van der Waals surface area contributed by atoms with Gasteiger partial charge < -0.3 is 4.57 Å². The Labute approximate surface area is 256 Å². The zero-order valence-corrected chi connectivity index (χ0v) is 24.7. The average molecular weight is 560 g/mol. The minimum absolute atomic E-state index is 0.0218. The molecule has 206 valence electrons. The molecule has 1 aromatic heterocycles. The fourth-order valence-electron chi connectivity index (χ4n) is 8.29. The number of aromatic nitrogens is 1. The molecule has 0 saturated carbocycles. The summed E-state index contributed by atoms with van der Waals surface area (Å²) in [5.74, 6) is 0. The quantitative estimate of drug-likeness (QED) is 0.198. The number of rotatable bonds is 2. The zero-order valence-electron chi connectivity index (χ0n) is 24.7. The van der Waals surface area contributed by atoms with E-state index in [2.05, 4.69) is 158 Å². The molecule has 7 aromatic carbocycles. The van der Waals surface area contributed by atoms with Crippen molar-refractivity contribution in [2.75, 3.05) is 0 Å². The summed E-state index contributed by atoms with van der Waals surface area (Å²) in [6.07, 6.45) is 0. The predicted octanol–water partition coefficient (Wildman–Crippen LogP) is 11.6. The van der Waals surface area contributed by atoms with E-state index in [1.165, 1.54) is 93.9 Å². The molecule has 0 spiro atoms. The van der Waals surface area contributed by atoms with Crippen LogP contribution in [0.5, 0.6) is 0 Å². The normalized spacial score (nSPS) is 13.9. The van der Waals surface area contributed by atoms with Gasteiger partial charge in [-0.3, -0.25) is 0 Å². The van der Waals surface area contributed by atoms with Crippen molar-refractivity contribution >= 4 is 32.6 Å². The summed E-state index contributed by atoms with van der Waals surface area (Å²) < 4.78 is 2.45. The third-order valence-corrected chi connectivity index (χ3v) is 10.4. The molecule has 0 N–H and O–H groups in total. The highest BCUT2D eigenvalue weighted by molar-refractivity contribution is 6.18. The molecular formula is C43H29N. The lowest BCUT2D eigenvalue weighted by atomic mass is 9.82. The number of nitrogens with zero attached hydrogens (tertiary/aromatic N) is 1. The van der Waals surface area contributed by atoms with E-state index in [9.17, 15) is 0 Å². The fourth-order valence-corrected chi connectivity index (χ4v) is 8.29. The Morgan fingerprint density at radius 2 is 1.05 bits per heavy atom.